The molecule has 1 aliphatic rings. The fraction of sp³-hybridized carbons (Fsp3) is 0.900. The summed E-state index contributed by atoms with van der Waals surface area (Å²) in [5, 5.41) is 11.5. The molecular formula is C10H21N3O2. The summed E-state index contributed by atoms with van der Waals surface area (Å²) in [6, 6.07) is 0. The molecule has 15 heavy (non-hydrogen) atoms. The zero-order valence-corrected chi connectivity index (χ0v) is 9.52. The highest BCUT2D eigenvalue weighted by Gasteiger charge is 2.19. The van der Waals surface area contributed by atoms with Gasteiger partial charge in [-0.25, -0.2) is 0 Å². The quantitative estimate of drug-likeness (QED) is 0.303. The topological polar surface area (TPSA) is 71.1 Å². The summed E-state index contributed by atoms with van der Waals surface area (Å²) in [5.41, 5.74) is 5.52. The van der Waals surface area contributed by atoms with Gasteiger partial charge in [0.1, 0.15) is 5.84 Å². The number of hydrogen-bond acceptors (Lipinski definition) is 4. The smallest absolute Gasteiger partial charge is 0.143 e. The van der Waals surface area contributed by atoms with Crippen LogP contribution in [-0.4, -0.2) is 48.8 Å². The molecular weight excluding hydrogens is 194 g/mol. The first-order valence-electron chi connectivity index (χ1n) is 5.41. The fourth-order valence-electron chi connectivity index (χ4n) is 1.87. The molecule has 1 heterocycles. The second-order valence-corrected chi connectivity index (χ2v) is 4.28. The number of ether oxygens (including phenoxy) is 1. The maximum Gasteiger partial charge on any atom is 0.143 e. The second kappa shape index (κ2) is 5.92. The first-order valence-corrected chi connectivity index (χ1v) is 5.41. The van der Waals surface area contributed by atoms with Gasteiger partial charge in [0.15, 0.2) is 0 Å². The Morgan fingerprint density at radius 1 is 1.73 bits per heavy atom. The third kappa shape index (κ3) is 4.05. The zero-order chi connectivity index (χ0) is 11.3. The van der Waals surface area contributed by atoms with Crippen LogP contribution in [-0.2, 0) is 4.74 Å². The third-order valence-corrected chi connectivity index (χ3v) is 2.75. The van der Waals surface area contributed by atoms with Crippen LogP contribution in [0.4, 0.5) is 0 Å². The first-order chi connectivity index (χ1) is 7.13. The van der Waals surface area contributed by atoms with Crippen molar-refractivity contribution >= 4 is 5.84 Å². The molecule has 2 atom stereocenters. The molecule has 0 radical (unpaired) electrons. The standard InChI is InChI=1S/C10H21N3O2/c1-8(10(11)12-14)6-13(2)7-9-4-3-5-15-9/h8-9,14H,3-7H2,1-2H3,(H2,11,12). The zero-order valence-electron chi connectivity index (χ0n) is 9.52. The van der Waals surface area contributed by atoms with E-state index in [1.807, 2.05) is 14.0 Å². The molecule has 5 nitrogen and oxygen atoms in total. The van der Waals surface area contributed by atoms with Crippen molar-refractivity contribution in [3.05, 3.63) is 0 Å². The maximum atomic E-state index is 8.52. The highest BCUT2D eigenvalue weighted by Crippen LogP contribution is 2.13. The number of amidine groups is 1. The van der Waals surface area contributed by atoms with Gasteiger partial charge in [-0.1, -0.05) is 12.1 Å². The second-order valence-electron chi connectivity index (χ2n) is 4.28. The maximum absolute atomic E-state index is 8.52. The van der Waals surface area contributed by atoms with Crippen LogP contribution >= 0.6 is 0 Å². The summed E-state index contributed by atoms with van der Waals surface area (Å²) in [6.45, 7) is 4.54. The van der Waals surface area contributed by atoms with E-state index in [1.165, 1.54) is 0 Å². The lowest BCUT2D eigenvalue weighted by Crippen LogP contribution is -2.36. The van der Waals surface area contributed by atoms with Crippen molar-refractivity contribution in [1.82, 2.24) is 4.90 Å². The van der Waals surface area contributed by atoms with E-state index in [0.29, 0.717) is 6.10 Å². The Balaban J connectivity index is 2.25. The Labute approximate surface area is 90.9 Å². The number of rotatable bonds is 5. The largest absolute Gasteiger partial charge is 0.409 e. The van der Waals surface area contributed by atoms with Crippen molar-refractivity contribution in [2.24, 2.45) is 16.8 Å². The summed E-state index contributed by atoms with van der Waals surface area (Å²) in [5.74, 6) is 0.357. The highest BCUT2D eigenvalue weighted by molar-refractivity contribution is 5.82. The van der Waals surface area contributed by atoms with Crippen LogP contribution < -0.4 is 5.73 Å². The SMILES string of the molecule is CC(CN(C)CC1CCCO1)C(N)=NO. The summed E-state index contributed by atoms with van der Waals surface area (Å²) in [6.07, 6.45) is 2.66. The lowest BCUT2D eigenvalue weighted by atomic mass is 10.1. The minimum absolute atomic E-state index is 0.0707. The molecule has 0 aliphatic carbocycles. The molecule has 2 unspecified atom stereocenters. The average molecular weight is 215 g/mol. The van der Waals surface area contributed by atoms with Gasteiger partial charge in [0.05, 0.1) is 6.10 Å². The van der Waals surface area contributed by atoms with Gasteiger partial charge in [-0.05, 0) is 19.9 Å². The third-order valence-electron chi connectivity index (χ3n) is 2.75. The number of hydrogen-bond donors (Lipinski definition) is 2. The molecule has 1 fully saturated rings. The van der Waals surface area contributed by atoms with E-state index in [1.54, 1.807) is 0 Å². The Kier molecular flexibility index (Phi) is 4.84. The van der Waals surface area contributed by atoms with Crippen molar-refractivity contribution in [2.75, 3.05) is 26.7 Å². The lowest BCUT2D eigenvalue weighted by molar-refractivity contribution is 0.0795. The van der Waals surface area contributed by atoms with E-state index in [-0.39, 0.29) is 11.8 Å². The molecule has 0 bridgehead atoms. The lowest BCUT2D eigenvalue weighted by Gasteiger charge is -2.23. The Hall–Kier alpha value is -0.810. The van der Waals surface area contributed by atoms with E-state index in [4.69, 9.17) is 15.7 Å². The summed E-state index contributed by atoms with van der Waals surface area (Å²) in [4.78, 5) is 2.17. The average Bonchev–Trinajstić information content (AvgIpc) is 2.68. The molecule has 88 valence electrons. The van der Waals surface area contributed by atoms with Gasteiger partial charge in [-0.2, -0.15) is 0 Å². The molecule has 0 aromatic carbocycles. The van der Waals surface area contributed by atoms with E-state index in [2.05, 4.69) is 10.1 Å². The summed E-state index contributed by atoms with van der Waals surface area (Å²) >= 11 is 0. The van der Waals surface area contributed by atoms with Gasteiger partial charge in [0, 0.05) is 25.6 Å². The van der Waals surface area contributed by atoms with Gasteiger partial charge < -0.3 is 20.6 Å². The molecule has 1 saturated heterocycles. The van der Waals surface area contributed by atoms with Crippen LogP contribution in [0.5, 0.6) is 0 Å². The van der Waals surface area contributed by atoms with E-state index < -0.39 is 0 Å². The van der Waals surface area contributed by atoms with Crippen LogP contribution in [0.3, 0.4) is 0 Å². The Bertz CT molecular complexity index is 215. The number of oxime groups is 1. The molecule has 0 amide bonds. The van der Waals surface area contributed by atoms with Crippen LogP contribution in [0.25, 0.3) is 0 Å². The number of likely N-dealkylation sites (N-methyl/N-ethyl adjacent to an activating group) is 1. The highest BCUT2D eigenvalue weighted by atomic mass is 16.5. The minimum Gasteiger partial charge on any atom is -0.409 e. The van der Waals surface area contributed by atoms with E-state index >= 15 is 0 Å². The van der Waals surface area contributed by atoms with Gasteiger partial charge in [-0.3, -0.25) is 0 Å². The molecule has 5 heteroatoms. The van der Waals surface area contributed by atoms with Crippen LogP contribution in [0.15, 0.2) is 5.16 Å². The molecule has 0 aromatic heterocycles. The molecule has 1 aliphatic heterocycles. The van der Waals surface area contributed by atoms with Crippen molar-refractivity contribution in [3.63, 3.8) is 0 Å². The number of nitrogens with zero attached hydrogens (tertiary/aromatic N) is 2. The van der Waals surface area contributed by atoms with Crippen molar-refractivity contribution in [1.29, 1.82) is 0 Å². The molecule has 0 aromatic rings. The van der Waals surface area contributed by atoms with Gasteiger partial charge in [-0.15, -0.1) is 0 Å². The normalized spacial score (nSPS) is 24.7. The summed E-state index contributed by atoms with van der Waals surface area (Å²) in [7, 11) is 2.03. The summed E-state index contributed by atoms with van der Waals surface area (Å²) < 4.78 is 5.54. The van der Waals surface area contributed by atoms with Gasteiger partial charge >= 0.3 is 0 Å². The number of nitrogens with two attached hydrogens (primary N) is 1. The fourth-order valence-corrected chi connectivity index (χ4v) is 1.87. The Morgan fingerprint density at radius 2 is 2.47 bits per heavy atom. The predicted octanol–water partition coefficient (Wildman–Crippen LogP) is 0.480. The molecule has 3 N–H and O–H groups in total. The minimum atomic E-state index is 0.0707. The first kappa shape index (κ1) is 12.3. The molecule has 1 rings (SSSR count). The van der Waals surface area contributed by atoms with Crippen molar-refractivity contribution in [3.8, 4) is 0 Å². The predicted molar refractivity (Wildman–Crippen MR) is 59.0 cm³/mol. The van der Waals surface area contributed by atoms with Crippen molar-refractivity contribution in [2.45, 2.75) is 25.9 Å². The molecule has 0 spiro atoms. The van der Waals surface area contributed by atoms with Crippen LogP contribution in [0, 0.1) is 5.92 Å². The van der Waals surface area contributed by atoms with Gasteiger partial charge in [0.2, 0.25) is 0 Å². The van der Waals surface area contributed by atoms with Crippen LogP contribution in [0.1, 0.15) is 19.8 Å². The van der Waals surface area contributed by atoms with E-state index in [0.717, 1.165) is 32.5 Å². The monoisotopic (exact) mass is 215 g/mol. The Morgan fingerprint density at radius 3 is 3.00 bits per heavy atom. The van der Waals surface area contributed by atoms with Crippen LogP contribution in [0.2, 0.25) is 0 Å². The van der Waals surface area contributed by atoms with E-state index in [9.17, 15) is 0 Å². The van der Waals surface area contributed by atoms with Gasteiger partial charge in [0.25, 0.3) is 0 Å². The van der Waals surface area contributed by atoms with Crippen molar-refractivity contribution < 1.29 is 9.94 Å². The molecule has 0 saturated carbocycles.